The highest BCUT2D eigenvalue weighted by Gasteiger charge is 2.11. The first-order chi connectivity index (χ1) is 10.6. The summed E-state index contributed by atoms with van der Waals surface area (Å²) in [4.78, 5) is 0. The van der Waals surface area contributed by atoms with E-state index >= 15 is 0 Å². The number of aliphatic hydroxyl groups is 1. The van der Waals surface area contributed by atoms with E-state index < -0.39 is 0 Å². The van der Waals surface area contributed by atoms with E-state index in [4.69, 9.17) is 9.84 Å². The van der Waals surface area contributed by atoms with Crippen molar-refractivity contribution in [1.82, 2.24) is 9.78 Å². The molecule has 0 bridgehead atoms. The summed E-state index contributed by atoms with van der Waals surface area (Å²) in [5.74, 6) is 0.897. The summed E-state index contributed by atoms with van der Waals surface area (Å²) >= 11 is 0. The van der Waals surface area contributed by atoms with Crippen LogP contribution >= 0.6 is 0 Å². The van der Waals surface area contributed by atoms with Gasteiger partial charge in [-0.1, -0.05) is 0 Å². The van der Waals surface area contributed by atoms with Crippen molar-refractivity contribution in [3.8, 4) is 5.75 Å². The Morgan fingerprint density at radius 2 is 2.05 bits per heavy atom. The van der Waals surface area contributed by atoms with Crippen LogP contribution in [0, 0.1) is 20.8 Å². The van der Waals surface area contributed by atoms with Gasteiger partial charge in [0, 0.05) is 23.5 Å². The summed E-state index contributed by atoms with van der Waals surface area (Å²) < 4.78 is 7.37. The fourth-order valence-electron chi connectivity index (χ4n) is 2.58. The van der Waals surface area contributed by atoms with Crippen LogP contribution in [0.5, 0.6) is 5.75 Å². The van der Waals surface area contributed by atoms with Crippen LogP contribution < -0.4 is 10.1 Å². The Bertz CT molecular complexity index is 635. The molecule has 5 heteroatoms. The molecular formula is C17H25N3O2. The van der Waals surface area contributed by atoms with Crippen molar-refractivity contribution in [2.75, 3.05) is 18.5 Å². The highest BCUT2D eigenvalue weighted by molar-refractivity contribution is 5.54. The van der Waals surface area contributed by atoms with Crippen LogP contribution in [0.3, 0.4) is 0 Å². The number of hydrogen-bond acceptors (Lipinski definition) is 4. The highest BCUT2D eigenvalue weighted by Crippen LogP contribution is 2.23. The summed E-state index contributed by atoms with van der Waals surface area (Å²) in [6.07, 6.45) is 0. The molecule has 2 rings (SSSR count). The Hall–Kier alpha value is -2.01. The van der Waals surface area contributed by atoms with E-state index in [9.17, 15) is 0 Å². The molecular weight excluding hydrogens is 278 g/mol. The van der Waals surface area contributed by atoms with Crippen molar-refractivity contribution in [1.29, 1.82) is 0 Å². The van der Waals surface area contributed by atoms with Crippen LogP contribution in [0.2, 0.25) is 0 Å². The first-order valence-electron chi connectivity index (χ1n) is 7.67. The smallest absolute Gasteiger partial charge is 0.119 e. The molecule has 0 radical (unpaired) electrons. The predicted molar refractivity (Wildman–Crippen MR) is 88.5 cm³/mol. The van der Waals surface area contributed by atoms with E-state index in [1.165, 1.54) is 5.56 Å². The maximum Gasteiger partial charge on any atom is 0.119 e. The van der Waals surface area contributed by atoms with Crippen LogP contribution in [-0.4, -0.2) is 28.1 Å². The maximum absolute atomic E-state index is 9.07. The van der Waals surface area contributed by atoms with E-state index in [1.807, 2.05) is 43.7 Å². The van der Waals surface area contributed by atoms with Gasteiger partial charge in [0.2, 0.25) is 0 Å². The number of aryl methyl sites for hydroxylation is 2. The lowest BCUT2D eigenvalue weighted by atomic mass is 10.1. The van der Waals surface area contributed by atoms with Gasteiger partial charge in [-0.15, -0.1) is 0 Å². The molecule has 0 atom stereocenters. The molecule has 1 aromatic heterocycles. The molecule has 0 saturated carbocycles. The van der Waals surface area contributed by atoms with Gasteiger partial charge >= 0.3 is 0 Å². The van der Waals surface area contributed by atoms with Gasteiger partial charge in [0.05, 0.1) is 25.5 Å². The van der Waals surface area contributed by atoms with E-state index in [0.717, 1.165) is 34.9 Å². The van der Waals surface area contributed by atoms with Gasteiger partial charge in [-0.3, -0.25) is 4.68 Å². The third-order valence-corrected chi connectivity index (χ3v) is 3.81. The second-order valence-electron chi connectivity index (χ2n) is 5.36. The monoisotopic (exact) mass is 303 g/mol. The summed E-state index contributed by atoms with van der Waals surface area (Å²) in [7, 11) is 0. The fraction of sp³-hybridized carbons (Fsp3) is 0.471. The number of ether oxygens (including phenoxy) is 1. The van der Waals surface area contributed by atoms with E-state index in [1.54, 1.807) is 0 Å². The van der Waals surface area contributed by atoms with E-state index in [2.05, 4.69) is 17.3 Å². The molecule has 2 N–H and O–H groups in total. The zero-order valence-electron chi connectivity index (χ0n) is 13.8. The van der Waals surface area contributed by atoms with Crippen LogP contribution in [-0.2, 0) is 13.1 Å². The number of hydrogen-bond donors (Lipinski definition) is 2. The molecule has 0 spiro atoms. The van der Waals surface area contributed by atoms with Crippen molar-refractivity contribution < 1.29 is 9.84 Å². The number of nitrogens with zero attached hydrogens (tertiary/aromatic N) is 2. The van der Waals surface area contributed by atoms with E-state index in [0.29, 0.717) is 13.2 Å². The first-order valence-corrected chi connectivity index (χ1v) is 7.67. The Morgan fingerprint density at radius 1 is 1.27 bits per heavy atom. The van der Waals surface area contributed by atoms with Crippen molar-refractivity contribution in [2.45, 2.75) is 40.8 Å². The minimum absolute atomic E-state index is 0.104. The molecule has 0 aliphatic rings. The van der Waals surface area contributed by atoms with Gasteiger partial charge in [0.15, 0.2) is 0 Å². The Balaban J connectivity index is 2.10. The van der Waals surface area contributed by atoms with Crippen molar-refractivity contribution in [3.05, 3.63) is 40.7 Å². The normalized spacial score (nSPS) is 10.8. The molecule has 0 aliphatic heterocycles. The molecule has 120 valence electrons. The van der Waals surface area contributed by atoms with Crippen LogP contribution in [0.1, 0.15) is 29.4 Å². The summed E-state index contributed by atoms with van der Waals surface area (Å²) in [5, 5.41) is 17.0. The largest absolute Gasteiger partial charge is 0.494 e. The summed E-state index contributed by atoms with van der Waals surface area (Å²) in [6, 6.07) is 6.07. The average Bonchev–Trinajstić information content (AvgIpc) is 2.74. The first kappa shape index (κ1) is 16.4. The third-order valence-electron chi connectivity index (χ3n) is 3.81. The number of benzene rings is 1. The Kier molecular flexibility index (Phi) is 5.44. The molecule has 22 heavy (non-hydrogen) atoms. The topological polar surface area (TPSA) is 59.3 Å². The van der Waals surface area contributed by atoms with Gasteiger partial charge in [-0.05, 0) is 51.5 Å². The van der Waals surface area contributed by atoms with Gasteiger partial charge in [0.1, 0.15) is 5.75 Å². The van der Waals surface area contributed by atoms with Gasteiger partial charge < -0.3 is 15.2 Å². The number of nitrogens with one attached hydrogen (secondary N) is 1. The highest BCUT2D eigenvalue weighted by atomic mass is 16.5. The fourth-order valence-corrected chi connectivity index (χ4v) is 2.58. The van der Waals surface area contributed by atoms with Crippen LogP contribution in [0.4, 0.5) is 5.69 Å². The molecule has 2 aromatic rings. The van der Waals surface area contributed by atoms with Gasteiger partial charge in [0.25, 0.3) is 0 Å². The molecule has 0 amide bonds. The zero-order valence-corrected chi connectivity index (χ0v) is 13.8. The van der Waals surface area contributed by atoms with Crippen molar-refractivity contribution in [2.24, 2.45) is 0 Å². The SMILES string of the molecule is CCOc1ccc(NCc2c(C)nn(CCO)c2C)c(C)c1. The molecule has 0 saturated heterocycles. The van der Waals surface area contributed by atoms with Crippen LogP contribution in [0.15, 0.2) is 18.2 Å². The number of rotatable bonds is 7. The Labute approximate surface area is 131 Å². The average molecular weight is 303 g/mol. The molecule has 0 unspecified atom stereocenters. The molecule has 0 fully saturated rings. The maximum atomic E-state index is 9.07. The van der Waals surface area contributed by atoms with Gasteiger partial charge in [-0.25, -0.2) is 0 Å². The molecule has 1 heterocycles. The molecule has 0 aliphatic carbocycles. The quantitative estimate of drug-likeness (QED) is 0.826. The summed E-state index contributed by atoms with van der Waals surface area (Å²) in [5.41, 5.74) is 5.53. The lowest BCUT2D eigenvalue weighted by Crippen LogP contribution is -2.07. The van der Waals surface area contributed by atoms with Gasteiger partial charge in [-0.2, -0.15) is 5.10 Å². The zero-order chi connectivity index (χ0) is 16.1. The number of aromatic nitrogens is 2. The minimum Gasteiger partial charge on any atom is -0.494 e. The lowest BCUT2D eigenvalue weighted by molar-refractivity contribution is 0.268. The Morgan fingerprint density at radius 3 is 2.68 bits per heavy atom. The number of anilines is 1. The van der Waals surface area contributed by atoms with Crippen LogP contribution in [0.25, 0.3) is 0 Å². The number of aliphatic hydroxyl groups excluding tert-OH is 1. The van der Waals surface area contributed by atoms with Crippen molar-refractivity contribution >= 4 is 5.69 Å². The van der Waals surface area contributed by atoms with Crippen molar-refractivity contribution in [3.63, 3.8) is 0 Å². The third kappa shape index (κ3) is 3.60. The standard InChI is InChI=1S/C17H25N3O2/c1-5-22-15-6-7-17(12(2)10-15)18-11-16-13(3)19-20(8-9-21)14(16)4/h6-7,10,18,21H,5,8-9,11H2,1-4H3. The second kappa shape index (κ2) is 7.31. The van der Waals surface area contributed by atoms with E-state index in [-0.39, 0.29) is 6.61 Å². The second-order valence-corrected chi connectivity index (χ2v) is 5.36. The lowest BCUT2D eigenvalue weighted by Gasteiger charge is -2.12. The predicted octanol–water partition coefficient (Wildman–Crippen LogP) is 2.81. The molecule has 1 aromatic carbocycles. The summed E-state index contributed by atoms with van der Waals surface area (Å²) in [6.45, 7) is 10.1. The minimum atomic E-state index is 0.104. The molecule has 5 nitrogen and oxygen atoms in total.